The minimum atomic E-state index is -0.191. The smallest absolute Gasteiger partial charge is 0.232 e. The predicted molar refractivity (Wildman–Crippen MR) is 92.3 cm³/mol. The maximum atomic E-state index is 12.5. The summed E-state index contributed by atoms with van der Waals surface area (Å²) < 4.78 is 0. The normalized spacial score (nSPS) is 26.7. The van der Waals surface area contributed by atoms with Gasteiger partial charge in [-0.3, -0.25) is 24.1 Å². The Balaban J connectivity index is 1.77. The number of likely N-dealkylation sites (N-methyl/N-ethyl adjacent to an activating group) is 2. The van der Waals surface area contributed by atoms with Crippen LogP contribution in [0.5, 0.6) is 0 Å². The maximum Gasteiger partial charge on any atom is 0.232 e. The Morgan fingerprint density at radius 3 is 2.32 bits per heavy atom. The fraction of sp³-hybridized carbons (Fsp3) is 0.778. The Labute approximate surface area is 149 Å². The number of carbonyl (C=O) groups excluding carboxylic acids is 4. The van der Waals surface area contributed by atoms with Gasteiger partial charge in [0.05, 0.1) is 0 Å². The van der Waals surface area contributed by atoms with E-state index in [0.717, 1.165) is 32.1 Å². The lowest BCUT2D eigenvalue weighted by molar-refractivity contribution is -0.141. The topological polar surface area (TPSA) is 78.0 Å². The van der Waals surface area contributed by atoms with E-state index in [1.807, 2.05) is 0 Å². The van der Waals surface area contributed by atoms with E-state index in [1.165, 1.54) is 9.80 Å². The Bertz CT molecular complexity index is 528. The number of amides is 4. The average Bonchev–Trinajstić information content (AvgIpc) is 2.85. The van der Waals surface area contributed by atoms with Gasteiger partial charge in [0.1, 0.15) is 0 Å². The zero-order chi connectivity index (χ0) is 18.6. The van der Waals surface area contributed by atoms with Crippen molar-refractivity contribution in [3.8, 4) is 0 Å². The predicted octanol–water partition coefficient (Wildman–Crippen LogP) is 0.734. The van der Waals surface area contributed by atoms with Crippen molar-refractivity contribution in [1.82, 2.24) is 14.7 Å². The van der Waals surface area contributed by atoms with Crippen LogP contribution in [0.4, 0.5) is 0 Å². The van der Waals surface area contributed by atoms with Crippen molar-refractivity contribution in [2.24, 2.45) is 17.8 Å². The number of likely N-dealkylation sites (tertiary alicyclic amines) is 1. The molecular weight excluding hydrogens is 322 g/mol. The summed E-state index contributed by atoms with van der Waals surface area (Å²) in [6.07, 6.45) is 4.40. The molecule has 0 bridgehead atoms. The average molecular weight is 351 g/mol. The molecule has 1 aliphatic carbocycles. The summed E-state index contributed by atoms with van der Waals surface area (Å²) in [4.78, 5) is 51.6. The van der Waals surface area contributed by atoms with Crippen LogP contribution in [0, 0.1) is 17.8 Å². The lowest BCUT2D eigenvalue weighted by atomic mass is 9.81. The van der Waals surface area contributed by atoms with Crippen LogP contribution in [0.3, 0.4) is 0 Å². The first kappa shape index (κ1) is 19.4. The van der Waals surface area contributed by atoms with Crippen LogP contribution in [-0.4, -0.2) is 72.6 Å². The Morgan fingerprint density at radius 2 is 1.80 bits per heavy atom. The number of hydrogen-bond acceptors (Lipinski definition) is 4. The Morgan fingerprint density at radius 1 is 1.16 bits per heavy atom. The zero-order valence-electron chi connectivity index (χ0n) is 15.4. The molecule has 1 unspecified atom stereocenters. The first-order chi connectivity index (χ1) is 11.8. The molecule has 1 atom stereocenters. The molecule has 0 N–H and O–H groups in total. The van der Waals surface area contributed by atoms with Gasteiger partial charge in [0, 0.05) is 52.0 Å². The highest BCUT2D eigenvalue weighted by atomic mass is 16.2. The summed E-state index contributed by atoms with van der Waals surface area (Å²) in [6, 6.07) is 0. The van der Waals surface area contributed by atoms with Crippen LogP contribution < -0.4 is 0 Å². The van der Waals surface area contributed by atoms with Gasteiger partial charge in [0.2, 0.25) is 24.1 Å². The number of imide groups is 1. The van der Waals surface area contributed by atoms with E-state index >= 15 is 0 Å². The molecule has 2 rings (SSSR count). The minimum absolute atomic E-state index is 0.00620. The summed E-state index contributed by atoms with van der Waals surface area (Å²) in [5.74, 6) is 0.126. The van der Waals surface area contributed by atoms with Crippen LogP contribution in [0.2, 0.25) is 0 Å². The first-order valence-electron chi connectivity index (χ1n) is 9.08. The highest BCUT2D eigenvalue weighted by molar-refractivity contribution is 6.03. The summed E-state index contributed by atoms with van der Waals surface area (Å²) in [7, 11) is 3.47. The third kappa shape index (κ3) is 4.80. The largest absolute Gasteiger partial charge is 0.347 e. The summed E-state index contributed by atoms with van der Waals surface area (Å²) in [5.41, 5.74) is 0. The monoisotopic (exact) mass is 351 g/mol. The van der Waals surface area contributed by atoms with Crippen molar-refractivity contribution >= 4 is 24.1 Å². The summed E-state index contributed by atoms with van der Waals surface area (Å²) >= 11 is 0. The Hall–Kier alpha value is -1.92. The quantitative estimate of drug-likeness (QED) is 0.500. The van der Waals surface area contributed by atoms with Crippen LogP contribution in [0.15, 0.2) is 0 Å². The van der Waals surface area contributed by atoms with Gasteiger partial charge in [0.15, 0.2) is 0 Å². The second-order valence-corrected chi connectivity index (χ2v) is 7.51. The van der Waals surface area contributed by atoms with Gasteiger partial charge in [0.25, 0.3) is 0 Å². The van der Waals surface area contributed by atoms with Crippen molar-refractivity contribution in [2.45, 2.75) is 39.0 Å². The number of rotatable bonds is 7. The standard InChI is InChI=1S/C18H29N3O4/c1-13-10-16(23)21(17(13)24)11-14-4-6-15(7-5-14)18(25)20(3)9-8-19(2)12-22/h12-15H,4-11H2,1-3H3. The van der Waals surface area contributed by atoms with Crippen LogP contribution >= 0.6 is 0 Å². The van der Waals surface area contributed by atoms with Gasteiger partial charge in [-0.25, -0.2) is 0 Å². The molecule has 1 heterocycles. The molecule has 140 valence electrons. The number of hydrogen-bond donors (Lipinski definition) is 0. The van der Waals surface area contributed by atoms with E-state index in [2.05, 4.69) is 0 Å². The number of nitrogens with zero attached hydrogens (tertiary/aromatic N) is 3. The molecular formula is C18H29N3O4. The fourth-order valence-corrected chi connectivity index (χ4v) is 3.67. The molecule has 0 aromatic heterocycles. The molecule has 0 radical (unpaired) electrons. The molecule has 7 nitrogen and oxygen atoms in total. The van der Waals surface area contributed by atoms with E-state index in [9.17, 15) is 19.2 Å². The first-order valence-corrected chi connectivity index (χ1v) is 9.08. The molecule has 25 heavy (non-hydrogen) atoms. The SMILES string of the molecule is CC1CC(=O)N(CC2CCC(C(=O)N(C)CCN(C)C=O)CC2)C1=O. The lowest BCUT2D eigenvalue weighted by Crippen LogP contribution is -2.40. The molecule has 0 aromatic rings. The highest BCUT2D eigenvalue weighted by Crippen LogP contribution is 2.32. The van der Waals surface area contributed by atoms with E-state index < -0.39 is 0 Å². The van der Waals surface area contributed by atoms with E-state index in [0.29, 0.717) is 32.0 Å². The second kappa shape index (κ2) is 8.45. The zero-order valence-corrected chi connectivity index (χ0v) is 15.4. The molecule has 4 amide bonds. The number of carbonyl (C=O) groups is 4. The lowest BCUT2D eigenvalue weighted by Gasteiger charge is -2.32. The third-order valence-electron chi connectivity index (χ3n) is 5.45. The van der Waals surface area contributed by atoms with E-state index in [-0.39, 0.29) is 29.6 Å². The van der Waals surface area contributed by atoms with Crippen molar-refractivity contribution in [2.75, 3.05) is 33.7 Å². The summed E-state index contributed by atoms with van der Waals surface area (Å²) in [6.45, 7) is 3.36. The fourth-order valence-electron chi connectivity index (χ4n) is 3.67. The van der Waals surface area contributed by atoms with E-state index in [4.69, 9.17) is 0 Å². The van der Waals surface area contributed by atoms with Gasteiger partial charge in [-0.2, -0.15) is 0 Å². The molecule has 1 saturated heterocycles. The van der Waals surface area contributed by atoms with Gasteiger partial charge < -0.3 is 9.80 Å². The summed E-state index contributed by atoms with van der Waals surface area (Å²) in [5, 5.41) is 0. The molecule has 1 aliphatic heterocycles. The van der Waals surface area contributed by atoms with Crippen molar-refractivity contribution in [3.05, 3.63) is 0 Å². The Kier molecular flexibility index (Phi) is 6.56. The van der Waals surface area contributed by atoms with Crippen LogP contribution in [-0.2, 0) is 19.2 Å². The van der Waals surface area contributed by atoms with Crippen molar-refractivity contribution in [3.63, 3.8) is 0 Å². The third-order valence-corrected chi connectivity index (χ3v) is 5.45. The van der Waals surface area contributed by atoms with Gasteiger partial charge in [-0.15, -0.1) is 0 Å². The molecule has 1 saturated carbocycles. The maximum absolute atomic E-state index is 12.5. The molecule has 2 aliphatic rings. The second-order valence-electron chi connectivity index (χ2n) is 7.51. The van der Waals surface area contributed by atoms with Crippen molar-refractivity contribution < 1.29 is 19.2 Å². The molecule has 0 spiro atoms. The van der Waals surface area contributed by atoms with Gasteiger partial charge in [-0.05, 0) is 31.6 Å². The molecule has 7 heteroatoms. The van der Waals surface area contributed by atoms with Crippen molar-refractivity contribution in [1.29, 1.82) is 0 Å². The highest BCUT2D eigenvalue weighted by Gasteiger charge is 2.38. The van der Waals surface area contributed by atoms with Gasteiger partial charge >= 0.3 is 0 Å². The minimum Gasteiger partial charge on any atom is -0.347 e. The van der Waals surface area contributed by atoms with Crippen LogP contribution in [0.1, 0.15) is 39.0 Å². The van der Waals surface area contributed by atoms with E-state index in [1.54, 1.807) is 25.9 Å². The molecule has 0 aromatic carbocycles. The molecule has 2 fully saturated rings. The van der Waals surface area contributed by atoms with Gasteiger partial charge in [-0.1, -0.05) is 6.92 Å². The van der Waals surface area contributed by atoms with Crippen LogP contribution in [0.25, 0.3) is 0 Å².